The van der Waals surface area contributed by atoms with Crippen LogP contribution in [0.1, 0.15) is 51.4 Å². The van der Waals surface area contributed by atoms with Crippen molar-refractivity contribution < 1.29 is 4.79 Å². The minimum absolute atomic E-state index is 0.100. The molecule has 0 saturated heterocycles. The van der Waals surface area contributed by atoms with Gasteiger partial charge in [0.05, 0.1) is 0 Å². The fourth-order valence-corrected chi connectivity index (χ4v) is 0.941. The van der Waals surface area contributed by atoms with Gasteiger partial charge in [-0.15, -0.1) is 0 Å². The summed E-state index contributed by atoms with van der Waals surface area (Å²) < 4.78 is 0. The van der Waals surface area contributed by atoms with Crippen LogP contribution in [0.4, 0.5) is 5.69 Å². The van der Waals surface area contributed by atoms with Crippen molar-refractivity contribution in [1.82, 2.24) is 0 Å². The van der Waals surface area contributed by atoms with Crippen molar-refractivity contribution in [3.63, 3.8) is 0 Å². The van der Waals surface area contributed by atoms with E-state index < -0.39 is 0 Å². The number of anilines is 1. The van der Waals surface area contributed by atoms with Gasteiger partial charge in [-0.2, -0.15) is 0 Å². The van der Waals surface area contributed by atoms with Gasteiger partial charge in [-0.1, -0.05) is 46.8 Å². The number of nitrogens with two attached hydrogens (primary N) is 1. The summed E-state index contributed by atoms with van der Waals surface area (Å²) in [6.45, 7) is 9.83. The van der Waals surface area contributed by atoms with Gasteiger partial charge < -0.3 is 5.73 Å². The zero-order valence-corrected chi connectivity index (χ0v) is 10.5. The zero-order valence-electron chi connectivity index (χ0n) is 10.5. The number of nitrogen functional groups attached to an aromatic ring is 1. The van der Waals surface area contributed by atoms with Crippen molar-refractivity contribution in [2.45, 2.75) is 41.0 Å². The third-order valence-electron chi connectivity index (χ3n) is 1.58. The molecule has 0 spiro atoms. The van der Waals surface area contributed by atoms with E-state index in [1.165, 1.54) is 0 Å². The van der Waals surface area contributed by atoms with Gasteiger partial charge in [-0.05, 0) is 12.1 Å². The Hall–Kier alpha value is -1.31. The van der Waals surface area contributed by atoms with Crippen LogP contribution >= 0.6 is 0 Å². The Labute approximate surface area is 93.5 Å². The quantitative estimate of drug-likeness (QED) is 0.592. The maximum atomic E-state index is 11.2. The van der Waals surface area contributed by atoms with Gasteiger partial charge in [-0.25, -0.2) is 0 Å². The molecule has 15 heavy (non-hydrogen) atoms. The summed E-state index contributed by atoms with van der Waals surface area (Å²) in [5.41, 5.74) is 6.78. The predicted octanol–water partition coefficient (Wildman–Crippen LogP) is 3.91. The molecule has 0 unspecified atom stereocenters. The first-order valence-electron chi connectivity index (χ1n) is 5.63. The van der Waals surface area contributed by atoms with Gasteiger partial charge in [-0.3, -0.25) is 4.79 Å². The van der Waals surface area contributed by atoms with Crippen molar-refractivity contribution >= 4 is 11.5 Å². The largest absolute Gasteiger partial charge is 0.398 e. The van der Waals surface area contributed by atoms with E-state index in [9.17, 15) is 4.79 Å². The summed E-state index contributed by atoms with van der Waals surface area (Å²) in [6.07, 6.45) is 0.508. The smallest absolute Gasteiger partial charge is 0.164 e. The third kappa shape index (κ3) is 5.89. The summed E-state index contributed by atoms with van der Waals surface area (Å²) in [4.78, 5) is 11.2. The average molecular weight is 209 g/mol. The first kappa shape index (κ1) is 16.1. The summed E-state index contributed by atoms with van der Waals surface area (Å²) in [6, 6.07) is 7.13. The Morgan fingerprint density at radius 3 is 2.00 bits per heavy atom. The second kappa shape index (κ2) is 10.8. The molecule has 0 aliphatic rings. The van der Waals surface area contributed by atoms with E-state index in [1.807, 2.05) is 46.8 Å². The van der Waals surface area contributed by atoms with Gasteiger partial charge in [0.1, 0.15) is 0 Å². The fourth-order valence-electron chi connectivity index (χ4n) is 0.941. The number of Topliss-reactive ketones (excluding diaryl/α,β-unsaturated/α-hetero) is 1. The fraction of sp³-hybridized carbons (Fsp3) is 0.462. The number of hydrogen-bond acceptors (Lipinski definition) is 2. The Kier molecular flexibility index (Phi) is 11.6. The first-order valence-corrected chi connectivity index (χ1v) is 5.63. The maximum absolute atomic E-state index is 11.2. The van der Waals surface area contributed by atoms with Crippen LogP contribution in [0.15, 0.2) is 24.3 Å². The van der Waals surface area contributed by atoms with E-state index in [1.54, 1.807) is 12.1 Å². The lowest BCUT2D eigenvalue weighted by Gasteiger charge is -2.00. The predicted molar refractivity (Wildman–Crippen MR) is 68.2 cm³/mol. The Morgan fingerprint density at radius 2 is 1.60 bits per heavy atom. The molecule has 0 aliphatic carbocycles. The van der Waals surface area contributed by atoms with Crippen molar-refractivity contribution in [1.29, 1.82) is 0 Å². The molecule has 0 saturated carbocycles. The second-order valence-corrected chi connectivity index (χ2v) is 2.36. The normalized spacial score (nSPS) is 7.80. The standard InChI is InChI=1S/C9H11NO.2C2H6/c1-2-9(11)7-5-3-4-6-8(7)10;2*1-2/h3-6H,2,10H2,1H3;2*1-2H3. The molecule has 1 aromatic rings. The zero-order chi connectivity index (χ0) is 12.3. The minimum Gasteiger partial charge on any atom is -0.398 e. The molecule has 0 bridgehead atoms. The highest BCUT2D eigenvalue weighted by atomic mass is 16.1. The molecule has 2 N–H and O–H groups in total. The van der Waals surface area contributed by atoms with Crippen LogP contribution in [0, 0.1) is 0 Å². The highest BCUT2D eigenvalue weighted by molar-refractivity contribution is 6.00. The summed E-state index contributed by atoms with van der Waals surface area (Å²) in [7, 11) is 0. The summed E-state index contributed by atoms with van der Waals surface area (Å²) in [5.74, 6) is 0.100. The molecule has 0 fully saturated rings. The van der Waals surface area contributed by atoms with E-state index in [4.69, 9.17) is 5.73 Å². The van der Waals surface area contributed by atoms with Gasteiger partial charge in [0, 0.05) is 17.7 Å². The Balaban J connectivity index is 0. The van der Waals surface area contributed by atoms with Crippen molar-refractivity contribution in [3.8, 4) is 0 Å². The second-order valence-electron chi connectivity index (χ2n) is 2.36. The van der Waals surface area contributed by atoms with Gasteiger partial charge in [0.25, 0.3) is 0 Å². The summed E-state index contributed by atoms with van der Waals surface area (Å²) >= 11 is 0. The monoisotopic (exact) mass is 209 g/mol. The molecule has 0 aromatic heterocycles. The number of ketones is 1. The van der Waals surface area contributed by atoms with E-state index in [2.05, 4.69) is 0 Å². The third-order valence-corrected chi connectivity index (χ3v) is 1.58. The number of hydrogen-bond donors (Lipinski definition) is 1. The lowest BCUT2D eigenvalue weighted by Crippen LogP contribution is -2.01. The molecule has 86 valence electrons. The highest BCUT2D eigenvalue weighted by Gasteiger charge is 2.04. The molecule has 0 amide bonds. The summed E-state index contributed by atoms with van der Waals surface area (Å²) in [5, 5.41) is 0. The molecule has 0 atom stereocenters. The van der Waals surface area contributed by atoms with Crippen LogP contribution in [0.5, 0.6) is 0 Å². The van der Waals surface area contributed by atoms with Gasteiger partial charge in [0.15, 0.2) is 5.78 Å². The van der Waals surface area contributed by atoms with Crippen molar-refractivity contribution in [3.05, 3.63) is 29.8 Å². The molecule has 0 aliphatic heterocycles. The molecular weight excluding hydrogens is 186 g/mol. The van der Waals surface area contributed by atoms with Crippen molar-refractivity contribution in [2.75, 3.05) is 5.73 Å². The minimum atomic E-state index is 0.100. The lowest BCUT2D eigenvalue weighted by atomic mass is 10.1. The topological polar surface area (TPSA) is 43.1 Å². The van der Waals surface area contributed by atoms with Crippen molar-refractivity contribution in [2.24, 2.45) is 0 Å². The van der Waals surface area contributed by atoms with Crippen LogP contribution in [0.3, 0.4) is 0 Å². The molecule has 1 rings (SSSR count). The van der Waals surface area contributed by atoms with E-state index in [0.29, 0.717) is 17.7 Å². The number of carbonyl (C=O) groups is 1. The number of para-hydroxylation sites is 1. The number of carbonyl (C=O) groups excluding carboxylic acids is 1. The molecule has 1 aromatic carbocycles. The lowest BCUT2D eigenvalue weighted by molar-refractivity contribution is 0.0989. The van der Waals surface area contributed by atoms with E-state index in [0.717, 1.165) is 0 Å². The molecule has 0 radical (unpaired) electrons. The van der Waals surface area contributed by atoms with Crippen LogP contribution in [-0.2, 0) is 0 Å². The van der Waals surface area contributed by atoms with Gasteiger partial charge >= 0.3 is 0 Å². The van der Waals surface area contributed by atoms with E-state index >= 15 is 0 Å². The highest BCUT2D eigenvalue weighted by Crippen LogP contribution is 2.11. The molecule has 0 heterocycles. The Bertz CT molecular complexity index is 269. The van der Waals surface area contributed by atoms with Crippen LogP contribution in [0.2, 0.25) is 0 Å². The molecule has 2 heteroatoms. The molecule has 2 nitrogen and oxygen atoms in total. The molecular formula is C13H23NO. The maximum Gasteiger partial charge on any atom is 0.164 e. The first-order chi connectivity index (χ1) is 7.25. The number of rotatable bonds is 2. The van der Waals surface area contributed by atoms with E-state index in [-0.39, 0.29) is 5.78 Å². The van der Waals surface area contributed by atoms with Crippen LogP contribution in [0.25, 0.3) is 0 Å². The average Bonchev–Trinajstić information content (AvgIpc) is 2.34. The number of benzene rings is 1. The van der Waals surface area contributed by atoms with Crippen LogP contribution < -0.4 is 5.73 Å². The Morgan fingerprint density at radius 1 is 1.13 bits per heavy atom. The SMILES string of the molecule is CC.CC.CCC(=O)c1ccccc1N. The van der Waals surface area contributed by atoms with Crippen LogP contribution in [-0.4, -0.2) is 5.78 Å². The van der Waals surface area contributed by atoms with Gasteiger partial charge in [0.2, 0.25) is 0 Å².